The normalized spacial score (nSPS) is 11.6. The quantitative estimate of drug-likeness (QED) is 0.179. The molecule has 0 aliphatic heterocycles. The van der Waals surface area contributed by atoms with Crippen LogP contribution in [0.25, 0.3) is 74.7 Å². The number of anilines is 3. The molecule has 234 valence electrons. The standard InChI is InChI=1S/C48H31NS/c1-2-10-32(11-3-1)34-20-22-39(23-21-34)49(40-24-27-47-45(31-40)44-29-36-14-6-7-15-37(36)30-48(44)50-47)46-26-25-41(42-16-8-9-17-43(42)46)38-19-18-33-12-4-5-13-35(33)28-38/h1-31H. The van der Waals surface area contributed by atoms with E-state index in [1.54, 1.807) is 0 Å². The number of hydrogen-bond donors (Lipinski definition) is 0. The summed E-state index contributed by atoms with van der Waals surface area (Å²) in [5, 5.41) is 10.1. The lowest BCUT2D eigenvalue weighted by Gasteiger charge is -2.28. The molecular weight excluding hydrogens is 623 g/mol. The van der Waals surface area contributed by atoms with Crippen LogP contribution >= 0.6 is 11.3 Å². The molecule has 0 saturated heterocycles. The van der Waals surface area contributed by atoms with E-state index in [-0.39, 0.29) is 0 Å². The molecule has 0 bridgehead atoms. The van der Waals surface area contributed by atoms with Crippen molar-refractivity contribution in [1.82, 2.24) is 0 Å². The second-order valence-corrected chi connectivity index (χ2v) is 14.0. The Labute approximate surface area is 294 Å². The molecule has 1 heterocycles. The van der Waals surface area contributed by atoms with Crippen LogP contribution in [-0.4, -0.2) is 0 Å². The van der Waals surface area contributed by atoms with Gasteiger partial charge in [-0.15, -0.1) is 11.3 Å². The molecule has 0 saturated carbocycles. The van der Waals surface area contributed by atoms with Crippen molar-refractivity contribution in [2.24, 2.45) is 0 Å². The van der Waals surface area contributed by atoms with E-state index in [0.717, 1.165) is 17.1 Å². The van der Waals surface area contributed by atoms with Crippen LogP contribution in [0.4, 0.5) is 17.1 Å². The first kappa shape index (κ1) is 28.8. The number of thiophene rings is 1. The highest BCUT2D eigenvalue weighted by atomic mass is 32.1. The first-order chi connectivity index (χ1) is 24.8. The van der Waals surface area contributed by atoms with E-state index in [9.17, 15) is 0 Å². The fourth-order valence-electron chi connectivity index (χ4n) is 7.54. The molecule has 0 fully saturated rings. The lowest BCUT2D eigenvalue weighted by Crippen LogP contribution is -2.10. The first-order valence-electron chi connectivity index (χ1n) is 17.1. The fourth-order valence-corrected chi connectivity index (χ4v) is 8.65. The summed E-state index contributed by atoms with van der Waals surface area (Å²) in [5.74, 6) is 0. The Balaban J connectivity index is 1.18. The van der Waals surface area contributed by atoms with Gasteiger partial charge in [0.2, 0.25) is 0 Å². The van der Waals surface area contributed by atoms with E-state index in [1.807, 2.05) is 11.3 Å². The zero-order valence-electron chi connectivity index (χ0n) is 27.3. The molecule has 0 spiro atoms. The van der Waals surface area contributed by atoms with Crippen LogP contribution in [-0.2, 0) is 0 Å². The van der Waals surface area contributed by atoms with E-state index in [1.165, 1.54) is 74.7 Å². The highest BCUT2D eigenvalue weighted by molar-refractivity contribution is 7.25. The molecule has 0 aliphatic carbocycles. The van der Waals surface area contributed by atoms with Crippen LogP contribution in [0.2, 0.25) is 0 Å². The molecule has 10 rings (SSSR count). The topological polar surface area (TPSA) is 3.24 Å². The monoisotopic (exact) mass is 653 g/mol. The van der Waals surface area contributed by atoms with Crippen LogP contribution in [0.1, 0.15) is 0 Å². The smallest absolute Gasteiger partial charge is 0.0540 e. The summed E-state index contributed by atoms with van der Waals surface area (Å²) >= 11 is 1.87. The van der Waals surface area contributed by atoms with Gasteiger partial charge in [-0.1, -0.05) is 133 Å². The Hall–Kier alpha value is -6.22. The number of fused-ring (bicyclic) bond motifs is 6. The zero-order valence-corrected chi connectivity index (χ0v) is 28.1. The molecule has 10 aromatic rings. The van der Waals surface area contributed by atoms with Crippen molar-refractivity contribution in [1.29, 1.82) is 0 Å². The minimum Gasteiger partial charge on any atom is -0.310 e. The predicted molar refractivity (Wildman–Crippen MR) is 217 cm³/mol. The summed E-state index contributed by atoms with van der Waals surface area (Å²) in [6.07, 6.45) is 0. The Kier molecular flexibility index (Phi) is 6.75. The molecule has 1 aromatic heterocycles. The van der Waals surface area contributed by atoms with Crippen molar-refractivity contribution in [3.8, 4) is 22.3 Å². The Morgan fingerprint density at radius 1 is 0.320 bits per heavy atom. The zero-order chi connectivity index (χ0) is 33.0. The molecule has 0 radical (unpaired) electrons. The van der Waals surface area contributed by atoms with Gasteiger partial charge in [-0.2, -0.15) is 0 Å². The van der Waals surface area contributed by atoms with Crippen LogP contribution in [0.15, 0.2) is 188 Å². The summed E-state index contributed by atoms with van der Waals surface area (Å²) in [5.41, 5.74) is 8.30. The molecule has 0 amide bonds. The lowest BCUT2D eigenvalue weighted by atomic mass is 9.94. The summed E-state index contributed by atoms with van der Waals surface area (Å²) < 4.78 is 2.62. The first-order valence-corrected chi connectivity index (χ1v) is 17.9. The molecule has 0 atom stereocenters. The van der Waals surface area contributed by atoms with Gasteiger partial charge < -0.3 is 4.90 Å². The summed E-state index contributed by atoms with van der Waals surface area (Å²) in [6, 6.07) is 68.8. The van der Waals surface area contributed by atoms with Crippen molar-refractivity contribution < 1.29 is 0 Å². The highest BCUT2D eigenvalue weighted by Crippen LogP contribution is 2.45. The fraction of sp³-hybridized carbons (Fsp3) is 0. The van der Waals surface area contributed by atoms with Crippen molar-refractivity contribution in [2.75, 3.05) is 4.90 Å². The minimum atomic E-state index is 1.12. The van der Waals surface area contributed by atoms with Crippen LogP contribution in [0, 0.1) is 0 Å². The molecular formula is C48H31NS. The van der Waals surface area contributed by atoms with Gasteiger partial charge in [0.15, 0.2) is 0 Å². The molecule has 9 aromatic carbocycles. The summed E-state index contributed by atoms with van der Waals surface area (Å²) in [7, 11) is 0. The van der Waals surface area contributed by atoms with Crippen molar-refractivity contribution in [3.05, 3.63) is 188 Å². The third-order valence-electron chi connectivity index (χ3n) is 10.0. The average molecular weight is 654 g/mol. The Bertz CT molecular complexity index is 2870. The average Bonchev–Trinajstić information content (AvgIpc) is 3.54. The minimum absolute atomic E-state index is 1.12. The number of hydrogen-bond acceptors (Lipinski definition) is 2. The van der Waals surface area contributed by atoms with Crippen LogP contribution in [0.5, 0.6) is 0 Å². The van der Waals surface area contributed by atoms with Crippen LogP contribution < -0.4 is 4.90 Å². The van der Waals surface area contributed by atoms with Gasteiger partial charge in [0.05, 0.1) is 5.69 Å². The summed E-state index contributed by atoms with van der Waals surface area (Å²) in [4.78, 5) is 2.44. The van der Waals surface area contributed by atoms with Gasteiger partial charge in [-0.05, 0) is 104 Å². The molecule has 50 heavy (non-hydrogen) atoms. The van der Waals surface area contributed by atoms with Crippen molar-refractivity contribution in [2.45, 2.75) is 0 Å². The third kappa shape index (κ3) is 4.84. The van der Waals surface area contributed by atoms with Gasteiger partial charge in [-0.3, -0.25) is 0 Å². The molecule has 2 heteroatoms. The largest absolute Gasteiger partial charge is 0.310 e. The van der Waals surface area contributed by atoms with Crippen molar-refractivity contribution >= 4 is 80.9 Å². The maximum atomic E-state index is 2.44. The summed E-state index contributed by atoms with van der Waals surface area (Å²) in [6.45, 7) is 0. The maximum absolute atomic E-state index is 2.44. The van der Waals surface area contributed by atoms with Crippen molar-refractivity contribution in [3.63, 3.8) is 0 Å². The second-order valence-electron chi connectivity index (χ2n) is 13.0. The SMILES string of the molecule is c1ccc(-c2ccc(N(c3ccc4sc5cc6ccccc6cc5c4c3)c3ccc(-c4ccc5ccccc5c4)c4ccccc34)cc2)cc1. The van der Waals surface area contributed by atoms with Gasteiger partial charge >= 0.3 is 0 Å². The maximum Gasteiger partial charge on any atom is 0.0540 e. The molecule has 0 N–H and O–H groups in total. The third-order valence-corrected chi connectivity index (χ3v) is 11.1. The molecule has 0 aliphatic rings. The van der Waals surface area contributed by atoms with E-state index < -0.39 is 0 Å². The number of nitrogens with zero attached hydrogens (tertiary/aromatic N) is 1. The van der Waals surface area contributed by atoms with Gasteiger partial charge in [0, 0.05) is 36.9 Å². The van der Waals surface area contributed by atoms with E-state index in [2.05, 4.69) is 193 Å². The highest BCUT2D eigenvalue weighted by Gasteiger charge is 2.19. The second kappa shape index (κ2) is 11.7. The van der Waals surface area contributed by atoms with Gasteiger partial charge in [-0.25, -0.2) is 0 Å². The van der Waals surface area contributed by atoms with E-state index in [4.69, 9.17) is 0 Å². The molecule has 1 nitrogen and oxygen atoms in total. The van der Waals surface area contributed by atoms with Gasteiger partial charge in [0.25, 0.3) is 0 Å². The van der Waals surface area contributed by atoms with E-state index >= 15 is 0 Å². The number of benzene rings is 9. The Morgan fingerprint density at radius 2 is 0.920 bits per heavy atom. The molecule has 0 unspecified atom stereocenters. The van der Waals surface area contributed by atoms with Crippen LogP contribution in [0.3, 0.4) is 0 Å². The number of rotatable bonds is 5. The van der Waals surface area contributed by atoms with Gasteiger partial charge in [0.1, 0.15) is 0 Å². The van der Waals surface area contributed by atoms with E-state index in [0.29, 0.717) is 0 Å². The predicted octanol–water partition coefficient (Wildman–Crippen LogP) is 14.3. The Morgan fingerprint density at radius 3 is 1.72 bits per heavy atom. The lowest BCUT2D eigenvalue weighted by molar-refractivity contribution is 1.30.